The minimum Gasteiger partial charge on any atom is -0.448 e. The van der Waals surface area contributed by atoms with Gasteiger partial charge in [0.2, 0.25) is 5.89 Å². The van der Waals surface area contributed by atoms with Crippen molar-refractivity contribution in [3.8, 4) is 11.5 Å². The molecule has 1 amide bonds. The first-order valence-corrected chi connectivity index (χ1v) is 9.56. The van der Waals surface area contributed by atoms with Gasteiger partial charge < -0.3 is 14.5 Å². The summed E-state index contributed by atoms with van der Waals surface area (Å²) in [5.74, 6) is 0.336. The van der Waals surface area contributed by atoms with Crippen molar-refractivity contribution in [2.45, 2.75) is 19.9 Å². The molecule has 1 aromatic heterocycles. The largest absolute Gasteiger partial charge is 0.448 e. The number of hydrogen-bond acceptors (Lipinski definition) is 7. The Bertz CT molecular complexity index is 1070. The number of carbonyl (C=O) groups is 1. The molecule has 0 aliphatic heterocycles. The highest BCUT2D eigenvalue weighted by atomic mass is 35.5. The monoisotopic (exact) mass is 434 g/mol. The topological polar surface area (TPSA) is 104 Å². The summed E-state index contributed by atoms with van der Waals surface area (Å²) in [7, 11) is 0. The van der Waals surface area contributed by atoms with Crippen LogP contribution in [0.4, 0.5) is 16.2 Å². The molecule has 29 heavy (non-hydrogen) atoms. The quantitative estimate of drug-likeness (QED) is 0.259. The molecule has 0 saturated heterocycles. The zero-order chi connectivity index (χ0) is 21.0. The van der Waals surface area contributed by atoms with Crippen LogP contribution in [0.25, 0.3) is 11.5 Å². The van der Waals surface area contributed by atoms with Crippen molar-refractivity contribution in [3.05, 3.63) is 57.9 Å². The molecule has 10 heteroatoms. The fourth-order valence-electron chi connectivity index (χ4n) is 2.72. The van der Waals surface area contributed by atoms with E-state index in [4.69, 9.17) is 33.0 Å². The third-order valence-corrected chi connectivity index (χ3v) is 4.76. The van der Waals surface area contributed by atoms with E-state index in [0.717, 1.165) is 0 Å². The van der Waals surface area contributed by atoms with Crippen molar-refractivity contribution in [3.63, 3.8) is 0 Å². The first kappa shape index (κ1) is 20.8. The van der Waals surface area contributed by atoms with Crippen molar-refractivity contribution in [1.82, 2.24) is 15.3 Å². The second-order valence-electron chi connectivity index (χ2n) is 6.02. The Hall–Kier alpha value is -2.88. The number of H-pyrrole nitrogens is 1. The molecule has 1 heterocycles. The zero-order valence-corrected chi connectivity index (χ0v) is 17.3. The molecule has 3 aromatic rings. The van der Waals surface area contributed by atoms with E-state index in [0.29, 0.717) is 38.5 Å². The molecule has 152 valence electrons. The van der Waals surface area contributed by atoms with E-state index in [2.05, 4.69) is 15.5 Å². The molecule has 0 bridgehead atoms. The van der Waals surface area contributed by atoms with E-state index < -0.39 is 12.1 Å². The molecule has 8 nitrogen and oxygen atoms in total. The van der Waals surface area contributed by atoms with Gasteiger partial charge in [-0.2, -0.15) is 5.06 Å². The zero-order valence-electron chi connectivity index (χ0n) is 15.7. The van der Waals surface area contributed by atoms with Crippen LogP contribution >= 0.6 is 23.8 Å². The fourth-order valence-corrected chi connectivity index (χ4v) is 3.17. The van der Waals surface area contributed by atoms with E-state index >= 15 is 0 Å². The molecule has 0 spiro atoms. The van der Waals surface area contributed by atoms with Gasteiger partial charge in [-0.25, -0.2) is 9.89 Å². The van der Waals surface area contributed by atoms with Crippen LogP contribution in [-0.2, 0) is 4.74 Å². The third kappa shape index (κ3) is 4.58. The number of rotatable bonds is 6. The number of anilines is 2. The summed E-state index contributed by atoms with van der Waals surface area (Å²) in [5, 5.41) is 20.9. The SMILES string of the molecule is CCOC(=O)N(O)C(C)c1cccc(Nc2ccccc2-c2n[nH]c(=S)o2)c1Cl. The van der Waals surface area contributed by atoms with Crippen LogP contribution in [0.2, 0.25) is 5.02 Å². The highest BCUT2D eigenvalue weighted by Crippen LogP contribution is 2.36. The fraction of sp³-hybridized carbons (Fsp3) is 0.211. The van der Waals surface area contributed by atoms with Gasteiger partial charge in [0, 0.05) is 0 Å². The lowest BCUT2D eigenvalue weighted by Gasteiger charge is -2.24. The molecule has 3 N–H and O–H groups in total. The van der Waals surface area contributed by atoms with Crippen molar-refractivity contribution < 1.29 is 19.2 Å². The molecule has 0 radical (unpaired) electrons. The summed E-state index contributed by atoms with van der Waals surface area (Å²) in [4.78, 5) is 12.0. The summed E-state index contributed by atoms with van der Waals surface area (Å²) in [5.41, 5.74) is 2.50. The Morgan fingerprint density at radius 3 is 2.76 bits per heavy atom. The first-order chi connectivity index (χ1) is 13.9. The van der Waals surface area contributed by atoms with Gasteiger partial charge in [-0.1, -0.05) is 35.9 Å². The number of ether oxygens (including phenoxy) is 1. The number of aromatic nitrogens is 2. The van der Waals surface area contributed by atoms with Crippen LogP contribution in [0, 0.1) is 4.84 Å². The molecule has 0 fully saturated rings. The first-order valence-electron chi connectivity index (χ1n) is 8.77. The van der Waals surface area contributed by atoms with Gasteiger partial charge in [-0.05, 0) is 49.8 Å². The molecule has 0 aliphatic carbocycles. The number of nitrogens with one attached hydrogen (secondary N) is 2. The summed E-state index contributed by atoms with van der Waals surface area (Å²) in [6, 6.07) is 11.9. The number of halogens is 1. The second kappa shape index (κ2) is 9.08. The standard InChI is InChI=1S/C19H19ClN4O4S/c1-3-27-19(25)24(26)11(2)12-8-6-10-15(16(12)20)21-14-9-5-4-7-13(14)17-22-23-18(29)28-17/h4-11,21,26H,3H2,1-2H3,(H,23,29). The van der Waals surface area contributed by atoms with Crippen LogP contribution < -0.4 is 5.32 Å². The Kier molecular flexibility index (Phi) is 6.53. The maximum atomic E-state index is 11.8. The summed E-state index contributed by atoms with van der Waals surface area (Å²) in [6.45, 7) is 3.45. The number of para-hydroxylation sites is 1. The Balaban J connectivity index is 1.92. The van der Waals surface area contributed by atoms with Gasteiger partial charge >= 0.3 is 6.09 Å². The minimum atomic E-state index is -0.848. The van der Waals surface area contributed by atoms with E-state index in [1.54, 1.807) is 32.0 Å². The molecular weight excluding hydrogens is 416 g/mol. The second-order valence-corrected chi connectivity index (χ2v) is 6.77. The van der Waals surface area contributed by atoms with Crippen LogP contribution in [0.15, 0.2) is 46.9 Å². The molecule has 3 rings (SSSR count). The summed E-state index contributed by atoms with van der Waals surface area (Å²) < 4.78 is 10.2. The maximum Gasteiger partial charge on any atom is 0.434 e. The van der Waals surface area contributed by atoms with E-state index in [1.807, 2.05) is 24.3 Å². The van der Waals surface area contributed by atoms with Crippen molar-refractivity contribution in [2.75, 3.05) is 11.9 Å². The van der Waals surface area contributed by atoms with Crippen LogP contribution in [0.1, 0.15) is 25.5 Å². The third-order valence-electron chi connectivity index (χ3n) is 4.17. The average Bonchev–Trinajstić information content (AvgIpc) is 3.15. The van der Waals surface area contributed by atoms with Gasteiger partial charge in [-0.3, -0.25) is 5.21 Å². The number of carbonyl (C=O) groups excluding carboxylic acids is 1. The Labute approximate surface area is 177 Å². The van der Waals surface area contributed by atoms with E-state index in [1.165, 1.54) is 0 Å². The lowest BCUT2D eigenvalue weighted by molar-refractivity contribution is -0.101. The molecule has 2 aromatic carbocycles. The van der Waals surface area contributed by atoms with Gasteiger partial charge in [-0.15, -0.1) is 5.10 Å². The van der Waals surface area contributed by atoms with Gasteiger partial charge in [0.15, 0.2) is 0 Å². The number of aromatic amines is 1. The molecule has 1 unspecified atom stereocenters. The highest BCUT2D eigenvalue weighted by Gasteiger charge is 2.24. The summed E-state index contributed by atoms with van der Waals surface area (Å²) >= 11 is 11.5. The van der Waals surface area contributed by atoms with Gasteiger partial charge in [0.05, 0.1) is 34.6 Å². The lowest BCUT2D eigenvalue weighted by Crippen LogP contribution is -2.31. The Morgan fingerprint density at radius 1 is 1.34 bits per heavy atom. The van der Waals surface area contributed by atoms with Crippen molar-refractivity contribution >= 4 is 41.3 Å². The number of hydroxylamine groups is 2. The number of hydrogen-bond donors (Lipinski definition) is 3. The smallest absolute Gasteiger partial charge is 0.434 e. The number of nitrogens with zero attached hydrogens (tertiary/aromatic N) is 2. The normalized spacial score (nSPS) is 11.7. The van der Waals surface area contributed by atoms with E-state index in [9.17, 15) is 10.0 Å². The lowest BCUT2D eigenvalue weighted by atomic mass is 10.1. The van der Waals surface area contributed by atoms with Crippen LogP contribution in [0.5, 0.6) is 0 Å². The van der Waals surface area contributed by atoms with Crippen molar-refractivity contribution in [2.24, 2.45) is 0 Å². The Morgan fingerprint density at radius 2 is 2.07 bits per heavy atom. The molecule has 0 aliphatic rings. The highest BCUT2D eigenvalue weighted by molar-refractivity contribution is 7.71. The van der Waals surface area contributed by atoms with Gasteiger partial charge in [0.1, 0.15) is 0 Å². The molecule has 1 atom stereocenters. The molecular formula is C19H19ClN4O4S. The van der Waals surface area contributed by atoms with E-state index in [-0.39, 0.29) is 11.4 Å². The predicted molar refractivity (Wildman–Crippen MR) is 111 cm³/mol. The number of amides is 1. The van der Waals surface area contributed by atoms with Gasteiger partial charge in [0.25, 0.3) is 4.84 Å². The maximum absolute atomic E-state index is 11.8. The average molecular weight is 435 g/mol. The van der Waals surface area contributed by atoms with Crippen molar-refractivity contribution in [1.29, 1.82) is 0 Å². The minimum absolute atomic E-state index is 0.152. The molecule has 0 saturated carbocycles. The number of benzene rings is 2. The summed E-state index contributed by atoms with van der Waals surface area (Å²) in [6.07, 6.45) is -0.848. The predicted octanol–water partition coefficient (Wildman–Crippen LogP) is 5.70. The van der Waals surface area contributed by atoms with Crippen LogP contribution in [-0.4, -0.2) is 33.2 Å². The van der Waals surface area contributed by atoms with Crippen LogP contribution in [0.3, 0.4) is 0 Å².